The van der Waals surface area contributed by atoms with E-state index in [-0.39, 0.29) is 6.03 Å². The minimum atomic E-state index is -1.07. The van der Waals surface area contributed by atoms with Crippen LogP contribution in [0.3, 0.4) is 0 Å². The van der Waals surface area contributed by atoms with Crippen molar-refractivity contribution < 1.29 is 24.2 Å². The molecular formula is C24H22N2O5. The van der Waals surface area contributed by atoms with Gasteiger partial charge in [0.05, 0.1) is 14.2 Å². The molecule has 0 saturated carbocycles. The topological polar surface area (TPSA) is 96.9 Å². The lowest BCUT2D eigenvalue weighted by atomic mass is 9.97. The Kier molecular flexibility index (Phi) is 6.90. The van der Waals surface area contributed by atoms with E-state index in [2.05, 4.69) is 10.6 Å². The molecule has 0 radical (unpaired) electrons. The van der Waals surface area contributed by atoms with Gasteiger partial charge in [0.25, 0.3) is 0 Å². The smallest absolute Gasteiger partial charge is 0.328 e. The van der Waals surface area contributed by atoms with Crippen LogP contribution in [0.5, 0.6) is 11.5 Å². The largest absolute Gasteiger partial charge is 0.493 e. The van der Waals surface area contributed by atoms with Crippen LogP contribution in [0.1, 0.15) is 11.1 Å². The predicted octanol–water partition coefficient (Wildman–Crippen LogP) is 4.86. The van der Waals surface area contributed by atoms with E-state index in [1.165, 1.54) is 14.2 Å². The van der Waals surface area contributed by atoms with Crippen molar-refractivity contribution in [2.45, 2.75) is 0 Å². The van der Waals surface area contributed by atoms with Crippen LogP contribution in [-0.2, 0) is 4.79 Å². The lowest BCUT2D eigenvalue weighted by Crippen LogP contribution is -2.19. The molecule has 0 unspecified atom stereocenters. The molecule has 0 fully saturated rings. The molecule has 31 heavy (non-hydrogen) atoms. The first-order valence-electron chi connectivity index (χ1n) is 9.40. The van der Waals surface area contributed by atoms with Crippen molar-refractivity contribution in [1.29, 1.82) is 0 Å². The molecule has 0 bridgehead atoms. The Morgan fingerprint density at radius 3 is 1.94 bits per heavy atom. The van der Waals surface area contributed by atoms with Crippen molar-refractivity contribution >= 4 is 28.9 Å². The van der Waals surface area contributed by atoms with Crippen molar-refractivity contribution in [3.8, 4) is 11.5 Å². The zero-order valence-corrected chi connectivity index (χ0v) is 17.1. The van der Waals surface area contributed by atoms with E-state index >= 15 is 0 Å². The Hall–Kier alpha value is -4.26. The SMILES string of the molecule is COc1ccc(C(=CC(=O)O)c2ccc(NC(=O)Nc3ccccc3)cc2)cc1OC. The Balaban J connectivity index is 1.82. The second-order valence-corrected chi connectivity index (χ2v) is 6.49. The van der Waals surface area contributed by atoms with Crippen molar-refractivity contribution in [3.63, 3.8) is 0 Å². The third-order valence-electron chi connectivity index (χ3n) is 4.45. The summed E-state index contributed by atoms with van der Waals surface area (Å²) in [5.74, 6) is -0.0358. The van der Waals surface area contributed by atoms with Crippen LogP contribution in [0.25, 0.3) is 5.57 Å². The zero-order chi connectivity index (χ0) is 22.2. The molecule has 0 heterocycles. The zero-order valence-electron chi connectivity index (χ0n) is 17.1. The highest BCUT2D eigenvalue weighted by Gasteiger charge is 2.12. The number of hydrogen-bond acceptors (Lipinski definition) is 4. The van der Waals surface area contributed by atoms with E-state index in [9.17, 15) is 14.7 Å². The Bertz CT molecular complexity index is 1090. The van der Waals surface area contributed by atoms with E-state index in [0.717, 1.165) is 6.08 Å². The maximum Gasteiger partial charge on any atom is 0.328 e. The number of carbonyl (C=O) groups is 2. The molecule has 0 aromatic heterocycles. The molecule has 7 heteroatoms. The number of para-hydroxylation sites is 1. The number of carboxylic acids is 1. The van der Waals surface area contributed by atoms with E-state index in [1.54, 1.807) is 54.6 Å². The van der Waals surface area contributed by atoms with Crippen LogP contribution in [0.15, 0.2) is 78.9 Å². The summed E-state index contributed by atoms with van der Waals surface area (Å²) in [6.45, 7) is 0. The van der Waals surface area contributed by atoms with Gasteiger partial charge >= 0.3 is 12.0 Å². The number of urea groups is 1. The van der Waals surface area contributed by atoms with Gasteiger partial charge in [-0.05, 0) is 53.1 Å². The minimum absolute atomic E-state index is 0.375. The van der Waals surface area contributed by atoms with Crippen molar-refractivity contribution in [3.05, 3.63) is 90.0 Å². The number of aliphatic carboxylic acids is 1. The molecule has 0 saturated heterocycles. The number of carbonyl (C=O) groups excluding carboxylic acids is 1. The van der Waals surface area contributed by atoms with Gasteiger partial charge in [-0.2, -0.15) is 0 Å². The van der Waals surface area contributed by atoms with Gasteiger partial charge < -0.3 is 25.2 Å². The van der Waals surface area contributed by atoms with Crippen molar-refractivity contribution in [2.75, 3.05) is 24.9 Å². The fourth-order valence-electron chi connectivity index (χ4n) is 3.01. The number of hydrogen-bond donors (Lipinski definition) is 3. The van der Waals surface area contributed by atoms with Gasteiger partial charge in [-0.25, -0.2) is 9.59 Å². The summed E-state index contributed by atoms with van der Waals surface area (Å²) in [6.07, 6.45) is 1.13. The second kappa shape index (κ2) is 9.98. The molecular weight excluding hydrogens is 396 g/mol. The first-order valence-corrected chi connectivity index (χ1v) is 9.40. The number of benzene rings is 3. The summed E-state index contributed by atoms with van der Waals surface area (Å²) in [4.78, 5) is 23.6. The summed E-state index contributed by atoms with van der Waals surface area (Å²) in [6, 6.07) is 20.8. The molecule has 158 valence electrons. The van der Waals surface area contributed by atoms with Crippen LogP contribution in [0.2, 0.25) is 0 Å². The lowest BCUT2D eigenvalue weighted by Gasteiger charge is -2.13. The van der Waals surface area contributed by atoms with Crippen LogP contribution in [0.4, 0.5) is 16.2 Å². The Morgan fingerprint density at radius 1 is 0.774 bits per heavy atom. The number of nitrogens with one attached hydrogen (secondary N) is 2. The number of methoxy groups -OCH3 is 2. The maximum atomic E-state index is 12.2. The average Bonchev–Trinajstić information content (AvgIpc) is 2.78. The first-order chi connectivity index (χ1) is 15.0. The van der Waals surface area contributed by atoms with E-state index in [1.807, 2.05) is 18.2 Å². The molecule has 3 aromatic rings. The quantitative estimate of drug-likeness (QED) is 0.476. The highest BCUT2D eigenvalue weighted by molar-refractivity contribution is 6.00. The normalized spacial score (nSPS) is 10.8. The lowest BCUT2D eigenvalue weighted by molar-refractivity contribution is -0.131. The number of carboxylic acid groups (broad SMARTS) is 1. The van der Waals surface area contributed by atoms with Crippen LogP contribution in [0, 0.1) is 0 Å². The minimum Gasteiger partial charge on any atom is -0.493 e. The van der Waals surface area contributed by atoms with Crippen LogP contribution in [-0.4, -0.2) is 31.3 Å². The maximum absolute atomic E-state index is 12.2. The molecule has 0 spiro atoms. The molecule has 0 aliphatic rings. The molecule has 0 atom stereocenters. The fourth-order valence-corrected chi connectivity index (χ4v) is 3.01. The number of amides is 2. The number of ether oxygens (including phenoxy) is 2. The number of anilines is 2. The van der Waals surface area contributed by atoms with E-state index in [0.29, 0.717) is 39.6 Å². The van der Waals surface area contributed by atoms with Gasteiger partial charge in [0, 0.05) is 17.5 Å². The highest BCUT2D eigenvalue weighted by Crippen LogP contribution is 2.33. The molecule has 0 aliphatic carbocycles. The second-order valence-electron chi connectivity index (χ2n) is 6.49. The third-order valence-corrected chi connectivity index (χ3v) is 4.45. The summed E-state index contributed by atoms with van der Waals surface area (Å²) < 4.78 is 10.6. The predicted molar refractivity (Wildman–Crippen MR) is 120 cm³/mol. The summed E-state index contributed by atoms with van der Waals surface area (Å²) in [5.41, 5.74) is 3.07. The van der Waals surface area contributed by atoms with Gasteiger partial charge in [-0.3, -0.25) is 0 Å². The summed E-state index contributed by atoms with van der Waals surface area (Å²) >= 11 is 0. The van der Waals surface area contributed by atoms with Crippen LogP contribution >= 0.6 is 0 Å². The monoisotopic (exact) mass is 418 g/mol. The van der Waals surface area contributed by atoms with Crippen molar-refractivity contribution in [2.24, 2.45) is 0 Å². The van der Waals surface area contributed by atoms with Crippen LogP contribution < -0.4 is 20.1 Å². The van der Waals surface area contributed by atoms with Gasteiger partial charge in [0.15, 0.2) is 11.5 Å². The third kappa shape index (κ3) is 5.63. The van der Waals surface area contributed by atoms with Crippen molar-refractivity contribution in [1.82, 2.24) is 0 Å². The van der Waals surface area contributed by atoms with Gasteiger partial charge in [-0.1, -0.05) is 36.4 Å². The highest BCUT2D eigenvalue weighted by atomic mass is 16.5. The standard InChI is InChI=1S/C24H22N2O5/c1-30-21-13-10-17(14-22(21)31-2)20(15-23(27)28)16-8-11-19(12-9-16)26-24(29)25-18-6-4-3-5-7-18/h3-15H,1-2H3,(H,27,28)(H2,25,26,29). The number of rotatable bonds is 7. The molecule has 2 amide bonds. The summed E-state index contributed by atoms with van der Waals surface area (Å²) in [5, 5.41) is 14.8. The molecule has 3 rings (SSSR count). The average molecular weight is 418 g/mol. The molecule has 7 nitrogen and oxygen atoms in total. The van der Waals surface area contributed by atoms with E-state index < -0.39 is 5.97 Å². The van der Waals surface area contributed by atoms with Gasteiger partial charge in [-0.15, -0.1) is 0 Å². The van der Waals surface area contributed by atoms with Gasteiger partial charge in [0.2, 0.25) is 0 Å². The van der Waals surface area contributed by atoms with Gasteiger partial charge in [0.1, 0.15) is 0 Å². The molecule has 3 N–H and O–H groups in total. The Morgan fingerprint density at radius 2 is 1.35 bits per heavy atom. The Labute approximate surface area is 179 Å². The summed E-state index contributed by atoms with van der Waals surface area (Å²) in [7, 11) is 3.05. The first kappa shape index (κ1) is 21.4. The van der Waals surface area contributed by atoms with E-state index in [4.69, 9.17) is 9.47 Å². The molecule has 0 aliphatic heterocycles. The molecule has 3 aromatic carbocycles. The fraction of sp³-hybridized carbons (Fsp3) is 0.0833.